The topological polar surface area (TPSA) is 37.8 Å². The van der Waals surface area contributed by atoms with E-state index in [1.807, 2.05) is 6.92 Å². The fourth-order valence-electron chi connectivity index (χ4n) is 2.13. The zero-order chi connectivity index (χ0) is 14.5. The third kappa shape index (κ3) is 4.08. The van der Waals surface area contributed by atoms with Gasteiger partial charge < -0.3 is 5.32 Å². The number of aryl methyl sites for hydroxylation is 1. The summed E-state index contributed by atoms with van der Waals surface area (Å²) in [5.74, 6) is 0.0966. The van der Waals surface area contributed by atoms with Crippen molar-refractivity contribution in [2.75, 3.05) is 6.54 Å². The molecule has 2 aromatic heterocycles. The van der Waals surface area contributed by atoms with Gasteiger partial charge in [0, 0.05) is 18.3 Å². The van der Waals surface area contributed by atoms with Crippen LogP contribution in [0.4, 0.5) is 4.39 Å². The van der Waals surface area contributed by atoms with Crippen molar-refractivity contribution >= 4 is 11.3 Å². The smallest absolute Gasteiger partial charge is 0.141 e. The molecule has 0 spiro atoms. The standard InChI is InChI=1S/C15H20FN3S/c1-10(2)15(14-5-4-12(16)8-18-14)17-7-6-13-9-20-11(3)19-13/h4-5,8-10,15,17H,6-7H2,1-3H3/t15-/m0/s1. The highest BCUT2D eigenvalue weighted by Crippen LogP contribution is 2.19. The minimum atomic E-state index is -0.297. The van der Waals surface area contributed by atoms with Crippen LogP contribution in [0.5, 0.6) is 0 Å². The molecule has 0 aliphatic carbocycles. The van der Waals surface area contributed by atoms with Crippen LogP contribution >= 0.6 is 11.3 Å². The average Bonchev–Trinajstić information content (AvgIpc) is 2.81. The Morgan fingerprint density at radius 2 is 2.15 bits per heavy atom. The van der Waals surface area contributed by atoms with Crippen molar-refractivity contribution in [3.05, 3.63) is 45.9 Å². The van der Waals surface area contributed by atoms with Gasteiger partial charge in [0.05, 0.1) is 28.6 Å². The van der Waals surface area contributed by atoms with Crippen LogP contribution in [0, 0.1) is 18.7 Å². The number of aromatic nitrogens is 2. The van der Waals surface area contributed by atoms with E-state index in [0.717, 1.165) is 29.4 Å². The van der Waals surface area contributed by atoms with Gasteiger partial charge in [0.25, 0.3) is 0 Å². The van der Waals surface area contributed by atoms with Gasteiger partial charge >= 0.3 is 0 Å². The molecule has 2 aromatic rings. The van der Waals surface area contributed by atoms with Crippen LogP contribution < -0.4 is 5.32 Å². The van der Waals surface area contributed by atoms with Crippen molar-refractivity contribution in [1.82, 2.24) is 15.3 Å². The Bertz CT molecular complexity index is 536. The Kier molecular flexibility index (Phi) is 5.20. The second-order valence-corrected chi connectivity index (χ2v) is 6.25. The van der Waals surface area contributed by atoms with Gasteiger partial charge in [-0.3, -0.25) is 4.98 Å². The van der Waals surface area contributed by atoms with Gasteiger partial charge in [-0.05, 0) is 25.0 Å². The summed E-state index contributed by atoms with van der Waals surface area (Å²) >= 11 is 1.67. The van der Waals surface area contributed by atoms with E-state index in [2.05, 4.69) is 34.5 Å². The number of thiazole rings is 1. The van der Waals surface area contributed by atoms with Gasteiger partial charge in [0.15, 0.2) is 0 Å². The molecule has 5 heteroatoms. The largest absolute Gasteiger partial charge is 0.308 e. The number of hydrogen-bond acceptors (Lipinski definition) is 4. The zero-order valence-electron chi connectivity index (χ0n) is 12.1. The molecular weight excluding hydrogens is 273 g/mol. The SMILES string of the molecule is Cc1nc(CCN[C@H](c2ccc(F)cn2)C(C)C)cs1. The van der Waals surface area contributed by atoms with Gasteiger partial charge in [-0.1, -0.05) is 13.8 Å². The summed E-state index contributed by atoms with van der Waals surface area (Å²) in [4.78, 5) is 8.63. The third-order valence-electron chi connectivity index (χ3n) is 3.15. The first-order chi connectivity index (χ1) is 9.56. The molecule has 0 amide bonds. The summed E-state index contributed by atoms with van der Waals surface area (Å²) in [7, 11) is 0. The molecule has 0 saturated carbocycles. The highest BCUT2D eigenvalue weighted by atomic mass is 32.1. The maximum Gasteiger partial charge on any atom is 0.141 e. The molecule has 0 aliphatic rings. The highest BCUT2D eigenvalue weighted by molar-refractivity contribution is 7.09. The Morgan fingerprint density at radius 1 is 1.35 bits per heavy atom. The lowest BCUT2D eigenvalue weighted by Gasteiger charge is -2.21. The fraction of sp³-hybridized carbons (Fsp3) is 0.467. The monoisotopic (exact) mass is 293 g/mol. The molecule has 0 aliphatic heterocycles. The molecule has 0 radical (unpaired) electrons. The lowest BCUT2D eigenvalue weighted by Crippen LogP contribution is -2.28. The van der Waals surface area contributed by atoms with Crippen LogP contribution in [-0.4, -0.2) is 16.5 Å². The Hall–Kier alpha value is -1.33. The Labute approximate surface area is 123 Å². The van der Waals surface area contributed by atoms with Gasteiger partial charge in [0.1, 0.15) is 5.82 Å². The molecule has 2 heterocycles. The van der Waals surface area contributed by atoms with Gasteiger partial charge in [-0.25, -0.2) is 9.37 Å². The van der Waals surface area contributed by atoms with Crippen molar-refractivity contribution in [1.29, 1.82) is 0 Å². The second kappa shape index (κ2) is 6.90. The predicted molar refractivity (Wildman–Crippen MR) is 80.3 cm³/mol. The summed E-state index contributed by atoms with van der Waals surface area (Å²) < 4.78 is 12.9. The first-order valence-electron chi connectivity index (χ1n) is 6.82. The van der Waals surface area contributed by atoms with E-state index in [1.54, 1.807) is 17.4 Å². The van der Waals surface area contributed by atoms with E-state index >= 15 is 0 Å². The summed E-state index contributed by atoms with van der Waals surface area (Å²) in [6, 6.07) is 3.35. The molecule has 3 nitrogen and oxygen atoms in total. The van der Waals surface area contributed by atoms with Crippen molar-refractivity contribution < 1.29 is 4.39 Å². The fourth-order valence-corrected chi connectivity index (χ4v) is 2.78. The minimum Gasteiger partial charge on any atom is -0.308 e. The molecule has 0 fully saturated rings. The molecule has 0 saturated heterocycles. The second-order valence-electron chi connectivity index (χ2n) is 5.18. The number of nitrogens with one attached hydrogen (secondary N) is 1. The van der Waals surface area contributed by atoms with Crippen LogP contribution in [0.25, 0.3) is 0 Å². The minimum absolute atomic E-state index is 0.135. The van der Waals surface area contributed by atoms with Crippen LogP contribution in [-0.2, 0) is 6.42 Å². The molecule has 0 aromatic carbocycles. The zero-order valence-corrected chi connectivity index (χ0v) is 12.9. The maximum absolute atomic E-state index is 12.9. The Morgan fingerprint density at radius 3 is 2.70 bits per heavy atom. The number of halogens is 1. The molecule has 1 N–H and O–H groups in total. The van der Waals surface area contributed by atoms with Crippen molar-refractivity contribution in [3.8, 4) is 0 Å². The van der Waals surface area contributed by atoms with E-state index < -0.39 is 0 Å². The molecule has 1 atom stereocenters. The van der Waals surface area contributed by atoms with Gasteiger partial charge in [0.2, 0.25) is 0 Å². The first kappa shape index (κ1) is 15.1. The van der Waals surface area contributed by atoms with Crippen LogP contribution in [0.3, 0.4) is 0 Å². The quantitative estimate of drug-likeness (QED) is 0.885. The van der Waals surface area contributed by atoms with E-state index in [0.29, 0.717) is 5.92 Å². The summed E-state index contributed by atoms with van der Waals surface area (Å²) in [6.45, 7) is 7.12. The molecule has 0 bridgehead atoms. The van der Waals surface area contributed by atoms with E-state index in [9.17, 15) is 4.39 Å². The molecule has 0 unspecified atom stereocenters. The maximum atomic E-state index is 12.9. The number of rotatable bonds is 6. The van der Waals surface area contributed by atoms with Crippen LogP contribution in [0.2, 0.25) is 0 Å². The summed E-state index contributed by atoms with van der Waals surface area (Å²) in [5.41, 5.74) is 2.01. The van der Waals surface area contributed by atoms with Crippen molar-refractivity contribution in [3.63, 3.8) is 0 Å². The highest BCUT2D eigenvalue weighted by Gasteiger charge is 2.16. The average molecular weight is 293 g/mol. The molecule has 20 heavy (non-hydrogen) atoms. The number of hydrogen-bond donors (Lipinski definition) is 1. The lowest BCUT2D eigenvalue weighted by molar-refractivity contribution is 0.404. The van der Waals surface area contributed by atoms with Crippen LogP contribution in [0.1, 0.15) is 36.3 Å². The third-order valence-corrected chi connectivity index (χ3v) is 3.97. The summed E-state index contributed by atoms with van der Waals surface area (Å²) in [5, 5.41) is 6.68. The van der Waals surface area contributed by atoms with Crippen LogP contribution in [0.15, 0.2) is 23.7 Å². The molecule has 108 valence electrons. The summed E-state index contributed by atoms with van der Waals surface area (Å²) in [6.07, 6.45) is 2.17. The van der Waals surface area contributed by atoms with E-state index in [1.165, 1.54) is 12.3 Å². The molecule has 2 rings (SSSR count). The Balaban J connectivity index is 1.94. The molecular formula is C15H20FN3S. The normalized spacial score (nSPS) is 12.8. The number of nitrogens with zero attached hydrogens (tertiary/aromatic N) is 2. The predicted octanol–water partition coefficient (Wildman–Crippen LogP) is 3.52. The van der Waals surface area contributed by atoms with Gasteiger partial charge in [-0.15, -0.1) is 11.3 Å². The first-order valence-corrected chi connectivity index (χ1v) is 7.70. The lowest BCUT2D eigenvalue weighted by atomic mass is 10.00. The van der Waals surface area contributed by atoms with Crippen molar-refractivity contribution in [2.45, 2.75) is 33.2 Å². The van der Waals surface area contributed by atoms with Crippen molar-refractivity contribution in [2.24, 2.45) is 5.92 Å². The van der Waals surface area contributed by atoms with E-state index in [4.69, 9.17) is 0 Å². The van der Waals surface area contributed by atoms with E-state index in [-0.39, 0.29) is 11.9 Å². The number of pyridine rings is 1. The van der Waals surface area contributed by atoms with Gasteiger partial charge in [-0.2, -0.15) is 0 Å².